The number of aliphatic hydroxyl groups is 14. The van der Waals surface area contributed by atoms with Crippen LogP contribution in [0.1, 0.15) is 79.1 Å². The Morgan fingerprint density at radius 2 is 1.21 bits per heavy atom. The van der Waals surface area contributed by atoms with Gasteiger partial charge >= 0.3 is 0 Å². The quantitative estimate of drug-likeness (QED) is 0.0786. The van der Waals surface area contributed by atoms with Gasteiger partial charge in [0.05, 0.1) is 44.7 Å². The second-order valence-electron chi connectivity index (χ2n) is 21.6. The van der Waals surface area contributed by atoms with Crippen LogP contribution in [0, 0.1) is 52.3 Å². The Hall–Kier alpha value is -0.840. The van der Waals surface area contributed by atoms with Crippen LogP contribution in [0.15, 0.2) is 0 Å². The Labute approximate surface area is 384 Å². The molecule has 4 saturated carbocycles. The van der Waals surface area contributed by atoms with Crippen molar-refractivity contribution in [1.29, 1.82) is 0 Å². The lowest BCUT2D eigenvalue weighted by atomic mass is 9.43. The number of fused-ring (bicyclic) bond motifs is 7. The van der Waals surface area contributed by atoms with Gasteiger partial charge in [0, 0.05) is 17.8 Å². The molecule has 66 heavy (non-hydrogen) atoms. The van der Waals surface area contributed by atoms with E-state index in [1.54, 1.807) is 0 Å². The molecule has 0 aromatic rings. The van der Waals surface area contributed by atoms with Crippen LogP contribution in [0.4, 0.5) is 0 Å². The molecule has 0 spiro atoms. The molecular weight excluding hydrogens is 876 g/mol. The molecule has 21 nitrogen and oxygen atoms in total. The maximum absolute atomic E-state index is 12.2. The van der Waals surface area contributed by atoms with Crippen molar-refractivity contribution in [1.82, 2.24) is 0 Å². The first-order valence-electron chi connectivity index (χ1n) is 24.1. The van der Waals surface area contributed by atoms with Gasteiger partial charge in [-0.05, 0) is 85.9 Å². The van der Waals surface area contributed by atoms with Gasteiger partial charge in [-0.3, -0.25) is 0 Å². The van der Waals surface area contributed by atoms with Crippen LogP contribution in [0.2, 0.25) is 0 Å². The van der Waals surface area contributed by atoms with E-state index in [0.29, 0.717) is 25.7 Å². The standard InChI is InChI=1S/C45H76O21/c1-17(16-60-40-36(56)33(53)29(49)25(13-46)62-40)7-10-45(59)18(2)28-23(66-45)12-22-20-6-5-19-11-24(32(52)39(58)44(19,4)21(20)8-9-43(22,28)3)61-42-38(35(55)31(51)27(15-48)64-42)65-41-37(57)34(54)30(50)26(14-47)63-41/h17-42,46-59H,5-16H2,1-4H3/t17-,18+,19-,20-,21+,22+,23+,24-,25-,26-,27-,28+,29-,30-,31+,32-,33+,34+,35+,36-,37-,38-,39+,40-,41+,42-,43+,44+,45?/m1/s1. The van der Waals surface area contributed by atoms with Crippen LogP contribution in [0.5, 0.6) is 0 Å². The Bertz CT molecular complexity index is 1630. The van der Waals surface area contributed by atoms with E-state index in [1.165, 1.54) is 0 Å². The van der Waals surface area contributed by atoms with E-state index in [9.17, 15) is 71.5 Å². The van der Waals surface area contributed by atoms with Crippen molar-refractivity contribution in [2.75, 3.05) is 26.4 Å². The van der Waals surface area contributed by atoms with Crippen molar-refractivity contribution in [3.8, 4) is 0 Å². The molecule has 0 bridgehead atoms. The average molecular weight is 953 g/mol. The highest BCUT2D eigenvalue weighted by Crippen LogP contribution is 2.71. The summed E-state index contributed by atoms with van der Waals surface area (Å²) in [6.45, 7) is 6.44. The first kappa shape index (κ1) is 51.5. The molecule has 1 unspecified atom stereocenters. The molecule has 4 saturated heterocycles. The third-order valence-electron chi connectivity index (χ3n) is 18.2. The van der Waals surface area contributed by atoms with Crippen molar-refractivity contribution in [3.63, 3.8) is 0 Å². The monoisotopic (exact) mass is 952 g/mol. The summed E-state index contributed by atoms with van der Waals surface area (Å²) in [5, 5.41) is 149. The largest absolute Gasteiger partial charge is 0.394 e. The highest BCUT2D eigenvalue weighted by atomic mass is 16.8. The van der Waals surface area contributed by atoms with E-state index in [0.717, 1.165) is 25.7 Å². The fraction of sp³-hybridized carbons (Fsp3) is 1.00. The van der Waals surface area contributed by atoms with E-state index < -0.39 is 141 Å². The second kappa shape index (κ2) is 19.6. The molecule has 0 aromatic heterocycles. The van der Waals surface area contributed by atoms with E-state index in [1.807, 2.05) is 13.8 Å². The van der Waals surface area contributed by atoms with Crippen LogP contribution in [-0.4, -0.2) is 220 Å². The lowest BCUT2D eigenvalue weighted by Crippen LogP contribution is -2.67. The minimum Gasteiger partial charge on any atom is -0.394 e. The number of rotatable bonds is 13. The van der Waals surface area contributed by atoms with Gasteiger partial charge in [-0.15, -0.1) is 0 Å². The van der Waals surface area contributed by atoms with Gasteiger partial charge < -0.3 is 105 Å². The molecule has 0 radical (unpaired) electrons. The van der Waals surface area contributed by atoms with Crippen molar-refractivity contribution in [2.24, 2.45) is 52.3 Å². The molecule has 8 fully saturated rings. The molecule has 29 atom stereocenters. The molecule has 8 rings (SSSR count). The van der Waals surface area contributed by atoms with Gasteiger partial charge in [0.2, 0.25) is 0 Å². The lowest BCUT2D eigenvalue weighted by Gasteiger charge is -2.63. The van der Waals surface area contributed by atoms with E-state index in [-0.39, 0.29) is 59.6 Å². The van der Waals surface area contributed by atoms with Crippen LogP contribution in [0.25, 0.3) is 0 Å². The van der Waals surface area contributed by atoms with Crippen molar-refractivity contribution in [3.05, 3.63) is 0 Å². The topological polar surface area (TPSA) is 348 Å². The summed E-state index contributed by atoms with van der Waals surface area (Å²) in [6.07, 6.45) is -22.1. The van der Waals surface area contributed by atoms with Gasteiger partial charge in [-0.2, -0.15) is 0 Å². The predicted molar refractivity (Wildman–Crippen MR) is 222 cm³/mol. The Morgan fingerprint density at radius 1 is 0.636 bits per heavy atom. The lowest BCUT2D eigenvalue weighted by molar-refractivity contribution is -0.378. The zero-order valence-electron chi connectivity index (χ0n) is 38.1. The summed E-state index contributed by atoms with van der Waals surface area (Å²) in [4.78, 5) is 0. The van der Waals surface area contributed by atoms with E-state index in [4.69, 9.17) is 33.2 Å². The van der Waals surface area contributed by atoms with Gasteiger partial charge in [-0.1, -0.05) is 27.7 Å². The summed E-state index contributed by atoms with van der Waals surface area (Å²) in [5.74, 6) is -1.24. The second-order valence-corrected chi connectivity index (χ2v) is 21.6. The summed E-state index contributed by atoms with van der Waals surface area (Å²) < 4.78 is 41.4. The smallest absolute Gasteiger partial charge is 0.187 e. The molecule has 4 heterocycles. The first-order valence-corrected chi connectivity index (χ1v) is 24.1. The number of ether oxygens (including phenoxy) is 7. The maximum atomic E-state index is 12.2. The third-order valence-corrected chi connectivity index (χ3v) is 18.2. The summed E-state index contributed by atoms with van der Waals surface area (Å²) in [6, 6.07) is 0. The van der Waals surface area contributed by atoms with Crippen LogP contribution < -0.4 is 0 Å². The molecule has 382 valence electrons. The Morgan fingerprint density at radius 3 is 1.83 bits per heavy atom. The Kier molecular flexibility index (Phi) is 15.3. The number of aliphatic hydroxyl groups excluding tert-OH is 13. The highest BCUT2D eigenvalue weighted by molar-refractivity contribution is 5.17. The summed E-state index contributed by atoms with van der Waals surface area (Å²) in [7, 11) is 0. The van der Waals surface area contributed by atoms with Gasteiger partial charge in [0.15, 0.2) is 24.7 Å². The molecule has 21 heteroatoms. The normalized spacial score (nSPS) is 56.5. The molecule has 0 amide bonds. The van der Waals surface area contributed by atoms with Gasteiger partial charge in [0.25, 0.3) is 0 Å². The minimum absolute atomic E-state index is 0.0430. The van der Waals surface area contributed by atoms with Crippen molar-refractivity contribution >= 4 is 0 Å². The molecule has 14 N–H and O–H groups in total. The van der Waals surface area contributed by atoms with Gasteiger partial charge in [0.1, 0.15) is 79.4 Å². The zero-order chi connectivity index (χ0) is 47.9. The average Bonchev–Trinajstić information content (AvgIpc) is 3.74. The molecule has 4 aliphatic heterocycles. The van der Waals surface area contributed by atoms with Crippen molar-refractivity contribution < 1.29 is 105 Å². The number of hydrogen-bond acceptors (Lipinski definition) is 21. The molecular formula is C45H76O21. The van der Waals surface area contributed by atoms with Crippen LogP contribution >= 0.6 is 0 Å². The van der Waals surface area contributed by atoms with Crippen LogP contribution in [0.3, 0.4) is 0 Å². The minimum atomic E-state index is -1.85. The Balaban J connectivity index is 0.902. The zero-order valence-corrected chi connectivity index (χ0v) is 38.1. The third kappa shape index (κ3) is 8.63. The highest BCUT2D eigenvalue weighted by Gasteiger charge is 2.70. The van der Waals surface area contributed by atoms with Crippen molar-refractivity contribution in [2.45, 2.75) is 201 Å². The van der Waals surface area contributed by atoms with Crippen LogP contribution in [-0.2, 0) is 33.2 Å². The first-order chi connectivity index (χ1) is 31.1. The molecule has 0 aromatic carbocycles. The van der Waals surface area contributed by atoms with Gasteiger partial charge in [-0.25, -0.2) is 0 Å². The SMILES string of the molecule is C[C@H](CCC1(O)O[C@H]2C[C@H]3[C@@H]4CC[C@@H]5C[C@@H](O[C@@H]6O[C@H](CO)[C@H](O)[C@H](O)[C@H]6O[C@@H]6O[C@H](CO)[C@@H](O)[C@H](O)[C@H]6O)[C@@H](O)[C@H](O)[C@]5(C)[C@H]4CC[C@]3(C)[C@H]2[C@@H]1C)CO[C@@H]1O[C@H](CO)[C@@H](O)[C@H](O)[C@H]1O. The summed E-state index contributed by atoms with van der Waals surface area (Å²) >= 11 is 0. The predicted octanol–water partition coefficient (Wildman–Crippen LogP) is -3.84. The number of hydrogen-bond donors (Lipinski definition) is 14. The molecule has 8 aliphatic rings. The molecule has 4 aliphatic carbocycles. The summed E-state index contributed by atoms with van der Waals surface area (Å²) in [5.41, 5.74) is -0.880. The van der Waals surface area contributed by atoms with E-state index in [2.05, 4.69) is 13.8 Å². The fourth-order valence-corrected chi connectivity index (χ4v) is 14.2. The fourth-order valence-electron chi connectivity index (χ4n) is 14.2. The van der Waals surface area contributed by atoms with E-state index >= 15 is 0 Å². The maximum Gasteiger partial charge on any atom is 0.187 e.